The van der Waals surface area contributed by atoms with Crippen molar-refractivity contribution in [3.8, 4) is 0 Å². The second-order valence-electron chi connectivity index (χ2n) is 4.51. The van der Waals surface area contributed by atoms with Gasteiger partial charge in [-0.2, -0.15) is 0 Å². The van der Waals surface area contributed by atoms with Crippen LogP contribution in [0, 0.1) is 5.92 Å². The molecule has 1 saturated carbocycles. The molecule has 88 valence electrons. The summed E-state index contributed by atoms with van der Waals surface area (Å²) >= 11 is 1.41. The third kappa shape index (κ3) is 2.38. The molecule has 1 aromatic rings. The van der Waals surface area contributed by atoms with E-state index >= 15 is 0 Å². The Morgan fingerprint density at radius 1 is 1.56 bits per heavy atom. The lowest BCUT2D eigenvalue weighted by Gasteiger charge is -2.20. The predicted molar refractivity (Wildman–Crippen MR) is 67.6 cm³/mol. The number of carbonyl (C=O) groups is 1. The Balaban J connectivity index is 1.94. The van der Waals surface area contributed by atoms with E-state index in [1.807, 2.05) is 5.38 Å². The molecule has 1 fully saturated rings. The largest absolute Gasteiger partial charge is 0.397 e. The Morgan fingerprint density at radius 3 is 2.81 bits per heavy atom. The van der Waals surface area contributed by atoms with Crippen LogP contribution in [-0.4, -0.2) is 11.9 Å². The van der Waals surface area contributed by atoms with Crippen molar-refractivity contribution in [3.05, 3.63) is 16.3 Å². The highest BCUT2D eigenvalue weighted by Gasteiger charge is 2.23. The number of carbonyl (C=O) groups excluding carboxylic acids is 1. The summed E-state index contributed by atoms with van der Waals surface area (Å²) in [5.41, 5.74) is 6.30. The fraction of sp³-hybridized carbons (Fsp3) is 0.583. The molecule has 2 rings (SSSR count). The topological polar surface area (TPSA) is 55.1 Å². The van der Waals surface area contributed by atoms with Crippen LogP contribution in [0.1, 0.15) is 42.3 Å². The number of nitrogens with two attached hydrogens (primary N) is 1. The number of hydrogen-bond acceptors (Lipinski definition) is 3. The summed E-state index contributed by atoms with van der Waals surface area (Å²) < 4.78 is 0. The van der Waals surface area contributed by atoms with Crippen LogP contribution in [0.5, 0.6) is 0 Å². The van der Waals surface area contributed by atoms with Gasteiger partial charge in [-0.05, 0) is 37.1 Å². The number of hydrogen-bond donors (Lipinski definition) is 2. The van der Waals surface area contributed by atoms with Gasteiger partial charge in [0.1, 0.15) is 4.88 Å². The Labute approximate surface area is 100 Å². The molecule has 3 N–H and O–H groups in total. The van der Waals surface area contributed by atoms with Crippen molar-refractivity contribution in [3.63, 3.8) is 0 Å². The monoisotopic (exact) mass is 238 g/mol. The molecule has 16 heavy (non-hydrogen) atoms. The van der Waals surface area contributed by atoms with E-state index in [4.69, 9.17) is 5.73 Å². The molecule has 4 heteroatoms. The molecule has 0 saturated heterocycles. The molecule has 0 aliphatic heterocycles. The second kappa shape index (κ2) is 4.87. The molecule has 3 nitrogen and oxygen atoms in total. The Hall–Kier alpha value is -1.03. The van der Waals surface area contributed by atoms with Crippen molar-refractivity contribution in [2.45, 2.75) is 38.6 Å². The van der Waals surface area contributed by atoms with Crippen LogP contribution in [0.3, 0.4) is 0 Å². The fourth-order valence-corrected chi connectivity index (χ4v) is 3.07. The van der Waals surface area contributed by atoms with Gasteiger partial charge in [0, 0.05) is 6.04 Å². The lowest BCUT2D eigenvalue weighted by Crippen LogP contribution is -2.37. The van der Waals surface area contributed by atoms with Gasteiger partial charge in [0.2, 0.25) is 0 Å². The summed E-state index contributed by atoms with van der Waals surface area (Å²) in [6, 6.07) is 2.04. The van der Waals surface area contributed by atoms with Crippen LogP contribution in [0.15, 0.2) is 11.4 Å². The van der Waals surface area contributed by atoms with Gasteiger partial charge in [-0.1, -0.05) is 12.8 Å². The van der Waals surface area contributed by atoms with E-state index in [1.165, 1.54) is 37.0 Å². The minimum atomic E-state index is -0.0214. The maximum Gasteiger partial charge on any atom is 0.263 e. The molecule has 1 heterocycles. The van der Waals surface area contributed by atoms with Crippen LogP contribution < -0.4 is 11.1 Å². The quantitative estimate of drug-likeness (QED) is 0.850. The molecule has 1 unspecified atom stereocenters. The van der Waals surface area contributed by atoms with E-state index in [1.54, 1.807) is 6.07 Å². The van der Waals surface area contributed by atoms with Gasteiger partial charge in [0.25, 0.3) is 5.91 Å². The SMILES string of the molecule is CC(NC(=O)c1sccc1N)C1CCCC1. The lowest BCUT2D eigenvalue weighted by atomic mass is 10.00. The Kier molecular flexibility index (Phi) is 3.49. The van der Waals surface area contributed by atoms with E-state index in [0.29, 0.717) is 16.5 Å². The molecule has 0 radical (unpaired) electrons. The summed E-state index contributed by atoms with van der Waals surface area (Å²) in [7, 11) is 0. The number of rotatable bonds is 3. The minimum absolute atomic E-state index is 0.0214. The summed E-state index contributed by atoms with van der Waals surface area (Å²) in [5, 5.41) is 4.91. The molecule has 0 spiro atoms. The van der Waals surface area contributed by atoms with Crippen molar-refractivity contribution >= 4 is 22.9 Å². The van der Waals surface area contributed by atoms with Crippen molar-refractivity contribution in [1.82, 2.24) is 5.32 Å². The average Bonchev–Trinajstić information content (AvgIpc) is 2.86. The van der Waals surface area contributed by atoms with E-state index < -0.39 is 0 Å². The number of anilines is 1. The molecule has 0 aromatic carbocycles. The highest BCUT2D eigenvalue weighted by molar-refractivity contribution is 7.12. The first kappa shape index (κ1) is 11.5. The summed E-state index contributed by atoms with van der Waals surface area (Å²) in [5.74, 6) is 0.622. The van der Waals surface area contributed by atoms with Gasteiger partial charge < -0.3 is 11.1 Å². The van der Waals surface area contributed by atoms with Crippen molar-refractivity contribution in [2.24, 2.45) is 5.92 Å². The highest BCUT2D eigenvalue weighted by atomic mass is 32.1. The smallest absolute Gasteiger partial charge is 0.263 e. The normalized spacial score (nSPS) is 18.6. The van der Waals surface area contributed by atoms with E-state index in [0.717, 1.165) is 0 Å². The van der Waals surface area contributed by atoms with Crippen molar-refractivity contribution in [1.29, 1.82) is 0 Å². The molecule has 0 bridgehead atoms. The molecule has 1 amide bonds. The van der Waals surface area contributed by atoms with Crippen molar-refractivity contribution < 1.29 is 4.79 Å². The van der Waals surface area contributed by atoms with E-state index in [-0.39, 0.29) is 11.9 Å². The predicted octanol–water partition coefficient (Wildman–Crippen LogP) is 2.64. The second-order valence-corrected chi connectivity index (χ2v) is 5.43. The zero-order valence-electron chi connectivity index (χ0n) is 9.53. The van der Waals surface area contributed by atoms with Crippen LogP contribution in [0.25, 0.3) is 0 Å². The zero-order valence-corrected chi connectivity index (χ0v) is 10.3. The summed E-state index contributed by atoms with van der Waals surface area (Å²) in [6.45, 7) is 2.09. The maximum absolute atomic E-state index is 11.9. The third-order valence-electron chi connectivity index (χ3n) is 3.37. The molecule has 1 aromatic heterocycles. The van der Waals surface area contributed by atoms with Gasteiger partial charge in [-0.15, -0.1) is 11.3 Å². The van der Waals surface area contributed by atoms with Gasteiger partial charge in [0.05, 0.1) is 5.69 Å². The first-order chi connectivity index (χ1) is 7.68. The summed E-state index contributed by atoms with van der Waals surface area (Å²) in [4.78, 5) is 12.6. The number of amides is 1. The number of nitrogens with one attached hydrogen (secondary N) is 1. The van der Waals surface area contributed by atoms with E-state index in [9.17, 15) is 4.79 Å². The van der Waals surface area contributed by atoms with Gasteiger partial charge in [-0.3, -0.25) is 4.79 Å². The van der Waals surface area contributed by atoms with Crippen LogP contribution in [0.4, 0.5) is 5.69 Å². The lowest BCUT2D eigenvalue weighted by molar-refractivity contribution is 0.0932. The first-order valence-corrected chi connectivity index (χ1v) is 6.70. The molecule has 1 aliphatic carbocycles. The maximum atomic E-state index is 11.9. The zero-order chi connectivity index (χ0) is 11.5. The van der Waals surface area contributed by atoms with E-state index in [2.05, 4.69) is 12.2 Å². The molecular weight excluding hydrogens is 220 g/mol. The number of thiophene rings is 1. The Morgan fingerprint density at radius 2 is 2.25 bits per heavy atom. The highest BCUT2D eigenvalue weighted by Crippen LogP contribution is 2.28. The first-order valence-electron chi connectivity index (χ1n) is 5.82. The molecule has 1 aliphatic rings. The third-order valence-corrected chi connectivity index (χ3v) is 4.30. The fourth-order valence-electron chi connectivity index (χ4n) is 2.35. The van der Waals surface area contributed by atoms with Crippen LogP contribution in [-0.2, 0) is 0 Å². The standard InChI is InChI=1S/C12H18N2OS/c1-8(9-4-2-3-5-9)14-12(15)11-10(13)6-7-16-11/h6-9H,2-5,13H2,1H3,(H,14,15). The van der Waals surface area contributed by atoms with Crippen molar-refractivity contribution in [2.75, 3.05) is 5.73 Å². The van der Waals surface area contributed by atoms with Gasteiger partial charge >= 0.3 is 0 Å². The summed E-state index contributed by atoms with van der Waals surface area (Å²) in [6.07, 6.45) is 5.07. The Bertz CT molecular complexity index is 369. The molecular formula is C12H18N2OS. The van der Waals surface area contributed by atoms with Crippen LogP contribution in [0.2, 0.25) is 0 Å². The minimum Gasteiger partial charge on any atom is -0.397 e. The van der Waals surface area contributed by atoms with Gasteiger partial charge in [0.15, 0.2) is 0 Å². The van der Waals surface area contributed by atoms with Gasteiger partial charge in [-0.25, -0.2) is 0 Å². The van der Waals surface area contributed by atoms with Crippen LogP contribution >= 0.6 is 11.3 Å². The average molecular weight is 238 g/mol. The molecule has 1 atom stereocenters. The number of nitrogen functional groups attached to an aromatic ring is 1.